The van der Waals surface area contributed by atoms with Gasteiger partial charge in [-0.3, -0.25) is 10.1 Å². The Kier molecular flexibility index (Phi) is 4.62. The number of alkyl halides is 2. The number of nitrogens with one attached hydrogen (secondary N) is 1. The Morgan fingerprint density at radius 3 is 2.67 bits per heavy atom. The van der Waals surface area contributed by atoms with Gasteiger partial charge in [-0.1, -0.05) is 0 Å². The van der Waals surface area contributed by atoms with Crippen LogP contribution < -0.4 is 5.32 Å². The Bertz CT molecular complexity index is 440. The topological polar surface area (TPSA) is 75.4 Å². The number of benzene rings is 1. The zero-order valence-electron chi connectivity index (χ0n) is 9.20. The summed E-state index contributed by atoms with van der Waals surface area (Å²) in [6, 6.07) is 2.79. The smallest absolute Gasteiger partial charge is 0.282 e. The molecule has 0 fully saturated rings. The summed E-state index contributed by atoms with van der Waals surface area (Å²) in [6.07, 6.45) is 0. The Balaban J connectivity index is 2.72. The van der Waals surface area contributed by atoms with Crippen molar-refractivity contribution < 1.29 is 23.2 Å². The Morgan fingerprint density at radius 1 is 1.44 bits per heavy atom. The first-order chi connectivity index (χ1) is 8.35. The highest BCUT2D eigenvalue weighted by Crippen LogP contribution is 2.19. The van der Waals surface area contributed by atoms with Crippen molar-refractivity contribution in [2.45, 2.75) is 12.5 Å². The minimum Gasteiger partial charge on any atom is -0.390 e. The van der Waals surface area contributed by atoms with Crippen LogP contribution in [0.15, 0.2) is 18.2 Å². The van der Waals surface area contributed by atoms with Crippen LogP contribution in [0.3, 0.4) is 0 Å². The van der Waals surface area contributed by atoms with Crippen molar-refractivity contribution >= 4 is 5.69 Å². The molecule has 18 heavy (non-hydrogen) atoms. The van der Waals surface area contributed by atoms with E-state index in [0.29, 0.717) is 0 Å². The summed E-state index contributed by atoms with van der Waals surface area (Å²) in [5, 5.41) is 21.2. The zero-order valence-corrected chi connectivity index (χ0v) is 9.20. The number of rotatable bonds is 6. The summed E-state index contributed by atoms with van der Waals surface area (Å²) in [5.74, 6) is -4.01. The van der Waals surface area contributed by atoms with Gasteiger partial charge < -0.3 is 10.4 Å². The Morgan fingerprint density at radius 2 is 2.11 bits per heavy atom. The maximum Gasteiger partial charge on any atom is 0.282 e. The second-order valence-corrected chi connectivity index (χ2v) is 3.65. The normalized spacial score (nSPS) is 11.6. The van der Waals surface area contributed by atoms with Crippen LogP contribution in [0.1, 0.15) is 5.56 Å². The second kappa shape index (κ2) is 5.78. The summed E-state index contributed by atoms with van der Waals surface area (Å²) in [6.45, 7) is -2.47. The molecule has 1 aromatic carbocycles. The Labute approximate surface area is 100 Å². The maximum atomic E-state index is 12.9. The van der Waals surface area contributed by atoms with Gasteiger partial charge in [0.05, 0.1) is 11.5 Å². The third-order valence-electron chi connectivity index (χ3n) is 2.17. The monoisotopic (exact) mass is 264 g/mol. The number of hydrogen-bond acceptors (Lipinski definition) is 4. The molecule has 0 amide bonds. The number of hydrogen-bond donors (Lipinski definition) is 2. The predicted octanol–water partition coefficient (Wildman–Crippen LogP) is 1.45. The minimum atomic E-state index is -3.32. The minimum absolute atomic E-state index is 0.0336. The van der Waals surface area contributed by atoms with Crippen LogP contribution >= 0.6 is 0 Å². The number of nitrogens with zero attached hydrogens (tertiary/aromatic N) is 1. The van der Waals surface area contributed by atoms with Crippen LogP contribution in [-0.4, -0.2) is 29.1 Å². The molecule has 0 spiro atoms. The maximum absolute atomic E-state index is 12.9. The van der Waals surface area contributed by atoms with Gasteiger partial charge >= 0.3 is 0 Å². The molecule has 0 heterocycles. The van der Waals surface area contributed by atoms with Crippen LogP contribution in [0, 0.1) is 15.9 Å². The number of nitro groups is 1. The molecular formula is C10H11F3N2O3. The van der Waals surface area contributed by atoms with Gasteiger partial charge in [-0.25, -0.2) is 13.2 Å². The van der Waals surface area contributed by atoms with Gasteiger partial charge in [0.2, 0.25) is 0 Å². The third kappa shape index (κ3) is 3.97. The first-order valence-corrected chi connectivity index (χ1v) is 4.98. The fraction of sp³-hybridized carbons (Fsp3) is 0.400. The lowest BCUT2D eigenvalue weighted by Crippen LogP contribution is -2.35. The van der Waals surface area contributed by atoms with Crippen molar-refractivity contribution in [1.82, 2.24) is 5.32 Å². The molecule has 0 aliphatic heterocycles. The molecule has 0 aliphatic carbocycles. The molecule has 0 saturated heterocycles. The summed E-state index contributed by atoms with van der Waals surface area (Å²) in [5.41, 5.74) is -0.384. The molecular weight excluding hydrogens is 253 g/mol. The molecule has 0 aromatic heterocycles. The van der Waals surface area contributed by atoms with Crippen LogP contribution in [0.25, 0.3) is 0 Å². The summed E-state index contributed by atoms with van der Waals surface area (Å²) in [4.78, 5) is 9.89. The van der Waals surface area contributed by atoms with Gasteiger partial charge in [0.1, 0.15) is 12.4 Å². The van der Waals surface area contributed by atoms with Crippen molar-refractivity contribution in [2.24, 2.45) is 0 Å². The van der Waals surface area contributed by atoms with E-state index in [9.17, 15) is 23.3 Å². The molecule has 2 N–H and O–H groups in total. The van der Waals surface area contributed by atoms with Crippen molar-refractivity contribution in [2.75, 3.05) is 13.2 Å². The standard InChI is InChI=1S/C10H11F3N2O3/c11-8-1-2-9(15(17)18)7(3-8)4-14-5-10(12,13)6-16/h1-3,14,16H,4-6H2. The van der Waals surface area contributed by atoms with Crippen molar-refractivity contribution in [3.8, 4) is 0 Å². The molecule has 1 aromatic rings. The SMILES string of the molecule is O=[N+]([O-])c1ccc(F)cc1CNCC(F)(F)CO. The lowest BCUT2D eigenvalue weighted by Gasteiger charge is -2.13. The lowest BCUT2D eigenvalue weighted by atomic mass is 10.1. The molecule has 100 valence electrons. The van der Waals surface area contributed by atoms with Crippen molar-refractivity contribution in [3.05, 3.63) is 39.7 Å². The van der Waals surface area contributed by atoms with Crippen molar-refractivity contribution in [1.29, 1.82) is 0 Å². The number of nitro benzene ring substituents is 1. The van der Waals surface area contributed by atoms with Gasteiger partial charge in [0.25, 0.3) is 11.6 Å². The molecule has 0 aliphatic rings. The average molecular weight is 264 g/mol. The fourth-order valence-electron chi connectivity index (χ4n) is 1.31. The van der Waals surface area contributed by atoms with E-state index >= 15 is 0 Å². The summed E-state index contributed by atoms with van der Waals surface area (Å²) >= 11 is 0. The molecule has 0 unspecified atom stereocenters. The Hall–Kier alpha value is -1.67. The predicted molar refractivity (Wildman–Crippen MR) is 56.8 cm³/mol. The fourth-order valence-corrected chi connectivity index (χ4v) is 1.31. The van der Waals surface area contributed by atoms with Crippen LogP contribution in [0.5, 0.6) is 0 Å². The van der Waals surface area contributed by atoms with E-state index in [2.05, 4.69) is 5.32 Å². The first-order valence-electron chi connectivity index (χ1n) is 4.98. The second-order valence-electron chi connectivity index (χ2n) is 3.65. The van der Waals surface area contributed by atoms with Gasteiger partial charge in [0.15, 0.2) is 0 Å². The van der Waals surface area contributed by atoms with E-state index in [4.69, 9.17) is 5.11 Å². The molecule has 5 nitrogen and oxygen atoms in total. The van der Waals surface area contributed by atoms with E-state index in [1.165, 1.54) is 0 Å². The summed E-state index contributed by atoms with van der Waals surface area (Å²) < 4.78 is 38.2. The number of aliphatic hydroxyl groups is 1. The van der Waals surface area contributed by atoms with Crippen molar-refractivity contribution in [3.63, 3.8) is 0 Å². The lowest BCUT2D eigenvalue weighted by molar-refractivity contribution is -0.385. The highest BCUT2D eigenvalue weighted by Gasteiger charge is 2.27. The number of aliphatic hydroxyl groups excluding tert-OH is 1. The molecule has 8 heteroatoms. The quantitative estimate of drug-likeness (QED) is 0.602. The van der Waals surface area contributed by atoms with E-state index in [0.717, 1.165) is 18.2 Å². The zero-order chi connectivity index (χ0) is 13.8. The highest BCUT2D eigenvalue weighted by molar-refractivity contribution is 5.40. The van der Waals surface area contributed by atoms with Gasteiger partial charge in [0, 0.05) is 18.2 Å². The average Bonchev–Trinajstić information content (AvgIpc) is 2.28. The van der Waals surface area contributed by atoms with Crippen LogP contribution in [0.2, 0.25) is 0 Å². The largest absolute Gasteiger partial charge is 0.390 e. The molecule has 0 atom stereocenters. The van der Waals surface area contributed by atoms with Crippen LogP contribution in [0.4, 0.5) is 18.9 Å². The van der Waals surface area contributed by atoms with E-state index in [1.807, 2.05) is 0 Å². The third-order valence-corrected chi connectivity index (χ3v) is 2.17. The van der Waals surface area contributed by atoms with Gasteiger partial charge in [-0.05, 0) is 12.1 Å². The first kappa shape index (κ1) is 14.4. The van der Waals surface area contributed by atoms with E-state index < -0.39 is 29.8 Å². The number of halogens is 3. The van der Waals surface area contributed by atoms with E-state index in [1.54, 1.807) is 0 Å². The van der Waals surface area contributed by atoms with E-state index in [-0.39, 0.29) is 17.8 Å². The van der Waals surface area contributed by atoms with Gasteiger partial charge in [-0.2, -0.15) is 0 Å². The van der Waals surface area contributed by atoms with Gasteiger partial charge in [-0.15, -0.1) is 0 Å². The molecule has 1 rings (SSSR count). The molecule has 0 radical (unpaired) electrons. The molecule has 0 bridgehead atoms. The summed E-state index contributed by atoms with van der Waals surface area (Å²) in [7, 11) is 0. The highest BCUT2D eigenvalue weighted by atomic mass is 19.3. The molecule has 0 saturated carbocycles. The van der Waals surface area contributed by atoms with Crippen LogP contribution in [-0.2, 0) is 6.54 Å².